The van der Waals surface area contributed by atoms with Crippen molar-refractivity contribution in [1.29, 1.82) is 0 Å². The Balaban J connectivity index is 1.88. The van der Waals surface area contributed by atoms with Crippen LogP contribution in [0.25, 0.3) is 0 Å². The number of hydrogen-bond acceptors (Lipinski definition) is 3. The van der Waals surface area contributed by atoms with E-state index in [9.17, 15) is 12.8 Å². The smallest absolute Gasteiger partial charge is 0.215 e. The van der Waals surface area contributed by atoms with Gasteiger partial charge >= 0.3 is 0 Å². The molecule has 0 aromatic heterocycles. The van der Waals surface area contributed by atoms with E-state index in [0.717, 1.165) is 11.3 Å². The lowest BCUT2D eigenvalue weighted by Gasteiger charge is -2.08. The van der Waals surface area contributed by atoms with Gasteiger partial charge in [-0.05, 0) is 30.2 Å². The van der Waals surface area contributed by atoms with Crippen LogP contribution in [-0.4, -0.2) is 22.1 Å². The van der Waals surface area contributed by atoms with Crippen molar-refractivity contribution in [3.05, 3.63) is 65.5 Å². The zero-order valence-electron chi connectivity index (χ0n) is 12.3. The maximum Gasteiger partial charge on any atom is 0.215 e. The van der Waals surface area contributed by atoms with Gasteiger partial charge in [0, 0.05) is 12.1 Å². The fourth-order valence-corrected chi connectivity index (χ4v) is 3.17. The maximum absolute atomic E-state index is 13.5. The topological polar surface area (TPSA) is 55.4 Å². The molecular formula is C16H18FNO3S. The highest BCUT2D eigenvalue weighted by Crippen LogP contribution is 2.12. The number of halogens is 1. The molecule has 118 valence electrons. The minimum Gasteiger partial charge on any atom is -0.497 e. The summed E-state index contributed by atoms with van der Waals surface area (Å²) in [4.78, 5) is 0. The molecule has 2 aromatic carbocycles. The average molecular weight is 323 g/mol. The summed E-state index contributed by atoms with van der Waals surface area (Å²) < 4.78 is 44.9. The van der Waals surface area contributed by atoms with Crippen LogP contribution in [0.1, 0.15) is 11.1 Å². The van der Waals surface area contributed by atoms with Crippen LogP contribution in [0.15, 0.2) is 48.5 Å². The lowest BCUT2D eigenvalue weighted by Crippen LogP contribution is -2.27. The minimum atomic E-state index is -3.55. The minimum absolute atomic E-state index is 0.166. The number of methoxy groups -OCH3 is 1. The third kappa shape index (κ3) is 4.82. The van der Waals surface area contributed by atoms with Crippen LogP contribution in [0, 0.1) is 5.82 Å². The largest absolute Gasteiger partial charge is 0.497 e. The van der Waals surface area contributed by atoms with E-state index in [1.54, 1.807) is 13.2 Å². The third-order valence-corrected chi connectivity index (χ3v) is 4.53. The second-order valence-corrected chi connectivity index (χ2v) is 6.65. The Morgan fingerprint density at radius 3 is 2.41 bits per heavy atom. The SMILES string of the molecule is COc1ccc(CCNS(=O)(=O)Cc2ccccc2F)cc1. The second-order valence-electron chi connectivity index (χ2n) is 4.84. The van der Waals surface area contributed by atoms with Crippen molar-refractivity contribution in [2.45, 2.75) is 12.2 Å². The molecule has 2 rings (SSSR count). The first-order chi connectivity index (χ1) is 10.5. The van der Waals surface area contributed by atoms with Crippen LogP contribution in [-0.2, 0) is 22.2 Å². The van der Waals surface area contributed by atoms with Gasteiger partial charge in [-0.3, -0.25) is 0 Å². The molecule has 0 fully saturated rings. The summed E-state index contributed by atoms with van der Waals surface area (Å²) >= 11 is 0. The normalized spacial score (nSPS) is 11.4. The maximum atomic E-state index is 13.5. The van der Waals surface area contributed by atoms with Gasteiger partial charge in [0.1, 0.15) is 11.6 Å². The molecule has 0 heterocycles. The monoisotopic (exact) mass is 323 g/mol. The number of hydrogen-bond donors (Lipinski definition) is 1. The number of sulfonamides is 1. The zero-order valence-corrected chi connectivity index (χ0v) is 13.1. The highest BCUT2D eigenvalue weighted by Gasteiger charge is 2.13. The Morgan fingerprint density at radius 2 is 1.77 bits per heavy atom. The van der Waals surface area contributed by atoms with Crippen LogP contribution >= 0.6 is 0 Å². The second kappa shape index (κ2) is 7.38. The fourth-order valence-electron chi connectivity index (χ4n) is 2.01. The number of nitrogens with one attached hydrogen (secondary N) is 1. The number of benzene rings is 2. The van der Waals surface area contributed by atoms with Gasteiger partial charge in [0.15, 0.2) is 0 Å². The molecule has 0 atom stereocenters. The summed E-state index contributed by atoms with van der Waals surface area (Å²) in [5.41, 5.74) is 1.16. The predicted octanol–water partition coefficient (Wildman–Crippen LogP) is 2.50. The molecule has 0 aliphatic rings. The van der Waals surface area contributed by atoms with E-state index in [1.165, 1.54) is 18.2 Å². The Bertz CT molecular complexity index is 714. The molecule has 6 heteroatoms. The summed E-state index contributed by atoms with van der Waals surface area (Å²) in [6, 6.07) is 13.3. The molecule has 2 aromatic rings. The van der Waals surface area contributed by atoms with Gasteiger partial charge in [-0.2, -0.15) is 0 Å². The van der Waals surface area contributed by atoms with Crippen LogP contribution < -0.4 is 9.46 Å². The molecule has 0 amide bonds. The first-order valence-electron chi connectivity index (χ1n) is 6.84. The quantitative estimate of drug-likeness (QED) is 0.852. The summed E-state index contributed by atoms with van der Waals surface area (Å²) in [7, 11) is -1.97. The van der Waals surface area contributed by atoms with E-state index in [-0.39, 0.29) is 17.9 Å². The molecule has 0 bridgehead atoms. The van der Waals surface area contributed by atoms with Crippen molar-refractivity contribution < 1.29 is 17.5 Å². The Kier molecular flexibility index (Phi) is 5.51. The number of rotatable bonds is 7. The molecule has 4 nitrogen and oxygen atoms in total. The van der Waals surface area contributed by atoms with Crippen molar-refractivity contribution in [1.82, 2.24) is 4.72 Å². The molecule has 0 radical (unpaired) electrons. The Morgan fingerprint density at radius 1 is 1.09 bits per heavy atom. The van der Waals surface area contributed by atoms with Crippen molar-refractivity contribution in [2.75, 3.05) is 13.7 Å². The van der Waals surface area contributed by atoms with Crippen LogP contribution in [0.5, 0.6) is 5.75 Å². The van der Waals surface area contributed by atoms with Gasteiger partial charge in [0.2, 0.25) is 10.0 Å². The molecule has 0 saturated heterocycles. The summed E-state index contributed by atoms with van der Waals surface area (Å²) in [5.74, 6) is -0.116. The molecule has 1 N–H and O–H groups in total. The molecule has 0 aliphatic heterocycles. The molecule has 0 spiro atoms. The van der Waals surface area contributed by atoms with Gasteiger partial charge in [-0.1, -0.05) is 30.3 Å². The number of ether oxygens (including phenoxy) is 1. The first kappa shape index (κ1) is 16.5. The standard InChI is InChI=1S/C16H18FNO3S/c1-21-15-8-6-13(7-9-15)10-11-18-22(19,20)12-14-4-2-3-5-16(14)17/h2-9,18H,10-12H2,1H3. The van der Waals surface area contributed by atoms with E-state index in [2.05, 4.69) is 4.72 Å². The van der Waals surface area contributed by atoms with E-state index in [1.807, 2.05) is 24.3 Å². The Hall–Kier alpha value is -1.92. The van der Waals surface area contributed by atoms with Gasteiger partial charge in [-0.15, -0.1) is 0 Å². The zero-order chi connectivity index (χ0) is 16.0. The van der Waals surface area contributed by atoms with Crippen LogP contribution in [0.2, 0.25) is 0 Å². The van der Waals surface area contributed by atoms with E-state index in [4.69, 9.17) is 4.74 Å². The third-order valence-electron chi connectivity index (χ3n) is 3.20. The lowest BCUT2D eigenvalue weighted by molar-refractivity contribution is 0.414. The summed E-state index contributed by atoms with van der Waals surface area (Å²) in [5, 5.41) is 0. The van der Waals surface area contributed by atoms with Gasteiger partial charge in [-0.25, -0.2) is 17.5 Å². The van der Waals surface area contributed by atoms with Crippen molar-refractivity contribution in [2.24, 2.45) is 0 Å². The van der Waals surface area contributed by atoms with E-state index < -0.39 is 15.8 Å². The van der Waals surface area contributed by atoms with E-state index in [0.29, 0.717) is 6.42 Å². The fraction of sp³-hybridized carbons (Fsp3) is 0.250. The predicted molar refractivity (Wildman–Crippen MR) is 83.7 cm³/mol. The van der Waals surface area contributed by atoms with Crippen LogP contribution in [0.4, 0.5) is 4.39 Å². The van der Waals surface area contributed by atoms with Gasteiger partial charge in [0.25, 0.3) is 0 Å². The van der Waals surface area contributed by atoms with Crippen LogP contribution in [0.3, 0.4) is 0 Å². The molecule has 22 heavy (non-hydrogen) atoms. The molecular weight excluding hydrogens is 305 g/mol. The molecule has 0 unspecified atom stereocenters. The molecule has 0 saturated carbocycles. The van der Waals surface area contributed by atoms with Gasteiger partial charge in [0.05, 0.1) is 12.9 Å². The van der Waals surface area contributed by atoms with Crippen molar-refractivity contribution in [3.8, 4) is 5.75 Å². The van der Waals surface area contributed by atoms with E-state index >= 15 is 0 Å². The van der Waals surface area contributed by atoms with Crippen molar-refractivity contribution in [3.63, 3.8) is 0 Å². The van der Waals surface area contributed by atoms with Crippen molar-refractivity contribution >= 4 is 10.0 Å². The lowest BCUT2D eigenvalue weighted by atomic mass is 10.1. The Labute approximate surface area is 130 Å². The molecule has 0 aliphatic carbocycles. The summed E-state index contributed by atoms with van der Waals surface area (Å²) in [6.45, 7) is 0.267. The average Bonchev–Trinajstić information content (AvgIpc) is 2.50. The highest BCUT2D eigenvalue weighted by molar-refractivity contribution is 7.88. The first-order valence-corrected chi connectivity index (χ1v) is 8.49. The summed E-state index contributed by atoms with van der Waals surface area (Å²) in [6.07, 6.45) is 0.556. The highest BCUT2D eigenvalue weighted by atomic mass is 32.2. The van der Waals surface area contributed by atoms with Gasteiger partial charge < -0.3 is 4.74 Å².